The first kappa shape index (κ1) is 16.1. The molecular formula is C15H17BrF2N2O. The molecule has 0 aliphatic rings. The third-order valence-electron chi connectivity index (χ3n) is 3.45. The van der Waals surface area contributed by atoms with Crippen molar-refractivity contribution in [3.05, 3.63) is 51.3 Å². The van der Waals surface area contributed by atoms with Crippen LogP contribution in [0.25, 0.3) is 0 Å². The second-order valence-corrected chi connectivity index (χ2v) is 6.06. The van der Waals surface area contributed by atoms with Gasteiger partial charge in [-0.25, -0.2) is 8.78 Å². The molecule has 0 radical (unpaired) electrons. The fourth-order valence-corrected chi connectivity index (χ4v) is 2.75. The van der Waals surface area contributed by atoms with Crippen LogP contribution in [0.4, 0.5) is 8.78 Å². The lowest BCUT2D eigenvalue weighted by Gasteiger charge is -2.24. The third kappa shape index (κ3) is 3.32. The average Bonchev–Trinajstić information content (AvgIpc) is 2.65. The van der Waals surface area contributed by atoms with E-state index in [0.29, 0.717) is 6.54 Å². The molecular weight excluding hydrogens is 342 g/mol. The molecule has 2 rings (SSSR count). The van der Waals surface area contributed by atoms with Crippen LogP contribution in [0.5, 0.6) is 0 Å². The average molecular weight is 359 g/mol. The zero-order valence-electron chi connectivity index (χ0n) is 12.1. The van der Waals surface area contributed by atoms with E-state index in [2.05, 4.69) is 21.0 Å². The second-order valence-electron chi connectivity index (χ2n) is 5.27. The van der Waals surface area contributed by atoms with Crippen molar-refractivity contribution in [2.75, 3.05) is 0 Å². The molecule has 3 nitrogen and oxygen atoms in total. The minimum Gasteiger partial charge on any atom is -0.385 e. The molecule has 1 atom stereocenters. The predicted octanol–water partition coefficient (Wildman–Crippen LogP) is 3.70. The lowest BCUT2D eigenvalue weighted by atomic mass is 9.90. The normalized spacial score (nSPS) is 14.2. The summed E-state index contributed by atoms with van der Waals surface area (Å²) in [6.07, 6.45) is 0.200. The molecule has 0 amide bonds. The molecule has 1 aromatic heterocycles. The summed E-state index contributed by atoms with van der Waals surface area (Å²) in [7, 11) is 0. The van der Waals surface area contributed by atoms with Crippen molar-refractivity contribution in [2.45, 2.75) is 39.3 Å². The first-order chi connectivity index (χ1) is 9.74. The summed E-state index contributed by atoms with van der Waals surface area (Å²) in [5.41, 5.74) is 0.413. The monoisotopic (exact) mass is 358 g/mol. The number of aryl methyl sites for hydroxylation is 2. The van der Waals surface area contributed by atoms with Gasteiger partial charge in [0.25, 0.3) is 0 Å². The highest BCUT2D eigenvalue weighted by Gasteiger charge is 2.28. The van der Waals surface area contributed by atoms with Crippen molar-refractivity contribution >= 4 is 15.9 Å². The Labute approximate surface area is 130 Å². The van der Waals surface area contributed by atoms with E-state index in [4.69, 9.17) is 0 Å². The number of nitrogens with zero attached hydrogens (tertiary/aromatic N) is 2. The number of hydrogen-bond donors (Lipinski definition) is 1. The van der Waals surface area contributed by atoms with Crippen LogP contribution in [-0.2, 0) is 18.6 Å². The summed E-state index contributed by atoms with van der Waals surface area (Å²) in [6.45, 7) is 5.99. The zero-order chi connectivity index (χ0) is 15.8. The van der Waals surface area contributed by atoms with E-state index in [1.807, 2.05) is 13.8 Å². The summed E-state index contributed by atoms with van der Waals surface area (Å²) in [5, 5.41) is 15.0. The van der Waals surface area contributed by atoms with E-state index in [9.17, 15) is 13.9 Å². The SMILES string of the molecule is CCn1nc(C)c(Br)c1CC(C)(O)c1cc(F)cc(F)c1. The highest BCUT2D eigenvalue weighted by Crippen LogP contribution is 2.31. The Kier molecular flexibility index (Phi) is 4.49. The summed E-state index contributed by atoms with van der Waals surface area (Å²) in [6, 6.07) is 3.09. The van der Waals surface area contributed by atoms with E-state index in [0.717, 1.165) is 34.1 Å². The standard InChI is InChI=1S/C15H17BrF2N2O/c1-4-20-13(14(16)9(2)19-20)8-15(3,21)10-5-11(17)7-12(18)6-10/h5-7,21H,4,8H2,1-3H3. The fourth-order valence-electron chi connectivity index (χ4n) is 2.33. The number of rotatable bonds is 4. The molecule has 1 unspecified atom stereocenters. The van der Waals surface area contributed by atoms with E-state index in [1.54, 1.807) is 4.68 Å². The molecule has 2 aromatic rings. The quantitative estimate of drug-likeness (QED) is 0.904. The maximum absolute atomic E-state index is 13.3. The molecule has 1 heterocycles. The first-order valence-electron chi connectivity index (χ1n) is 6.65. The van der Waals surface area contributed by atoms with Crippen molar-refractivity contribution in [1.29, 1.82) is 0 Å². The highest BCUT2D eigenvalue weighted by molar-refractivity contribution is 9.10. The number of benzene rings is 1. The molecule has 0 saturated carbocycles. The Hall–Kier alpha value is -1.27. The van der Waals surface area contributed by atoms with Gasteiger partial charge in [0.2, 0.25) is 0 Å². The maximum atomic E-state index is 13.3. The van der Waals surface area contributed by atoms with Crippen molar-refractivity contribution in [1.82, 2.24) is 9.78 Å². The van der Waals surface area contributed by atoms with Crippen LogP contribution >= 0.6 is 15.9 Å². The minimum atomic E-state index is -1.40. The van der Waals surface area contributed by atoms with E-state index >= 15 is 0 Å². The van der Waals surface area contributed by atoms with Crippen LogP contribution in [0.2, 0.25) is 0 Å². The summed E-state index contributed by atoms with van der Waals surface area (Å²) in [4.78, 5) is 0. The molecule has 1 aromatic carbocycles. The number of halogens is 3. The van der Waals surface area contributed by atoms with Gasteiger partial charge in [0, 0.05) is 19.0 Å². The van der Waals surface area contributed by atoms with Gasteiger partial charge in [-0.05, 0) is 54.4 Å². The van der Waals surface area contributed by atoms with E-state index in [-0.39, 0.29) is 12.0 Å². The first-order valence-corrected chi connectivity index (χ1v) is 7.44. The molecule has 1 N–H and O–H groups in total. The summed E-state index contributed by atoms with van der Waals surface area (Å²) < 4.78 is 29.3. The molecule has 0 bridgehead atoms. The van der Waals surface area contributed by atoms with Crippen LogP contribution in [0.1, 0.15) is 30.8 Å². The van der Waals surface area contributed by atoms with Crippen LogP contribution in [0.3, 0.4) is 0 Å². The lowest BCUT2D eigenvalue weighted by molar-refractivity contribution is 0.0545. The maximum Gasteiger partial charge on any atom is 0.126 e. The van der Waals surface area contributed by atoms with Crippen LogP contribution < -0.4 is 0 Å². The molecule has 0 saturated heterocycles. The van der Waals surface area contributed by atoms with Gasteiger partial charge in [0.15, 0.2) is 0 Å². The molecule has 6 heteroatoms. The number of aromatic nitrogens is 2. The van der Waals surface area contributed by atoms with Crippen molar-refractivity contribution in [3.63, 3.8) is 0 Å². The second kappa shape index (κ2) is 5.85. The van der Waals surface area contributed by atoms with Gasteiger partial charge >= 0.3 is 0 Å². The molecule has 0 aliphatic carbocycles. The largest absolute Gasteiger partial charge is 0.385 e. The van der Waals surface area contributed by atoms with Gasteiger partial charge in [-0.1, -0.05) is 0 Å². The highest BCUT2D eigenvalue weighted by atomic mass is 79.9. The topological polar surface area (TPSA) is 38.0 Å². The van der Waals surface area contributed by atoms with E-state index in [1.165, 1.54) is 6.92 Å². The fraction of sp³-hybridized carbons (Fsp3) is 0.400. The van der Waals surface area contributed by atoms with Crippen LogP contribution in [-0.4, -0.2) is 14.9 Å². The summed E-state index contributed by atoms with van der Waals surface area (Å²) >= 11 is 3.45. The molecule has 0 aliphatic heterocycles. The van der Waals surface area contributed by atoms with Crippen LogP contribution in [0.15, 0.2) is 22.7 Å². The summed E-state index contributed by atoms with van der Waals surface area (Å²) in [5.74, 6) is -1.41. The smallest absolute Gasteiger partial charge is 0.126 e. The van der Waals surface area contributed by atoms with Crippen molar-refractivity contribution in [2.24, 2.45) is 0 Å². The van der Waals surface area contributed by atoms with Crippen molar-refractivity contribution in [3.8, 4) is 0 Å². The molecule has 21 heavy (non-hydrogen) atoms. The Balaban J connectivity index is 2.41. The Morgan fingerprint density at radius 3 is 2.38 bits per heavy atom. The lowest BCUT2D eigenvalue weighted by Crippen LogP contribution is -2.26. The van der Waals surface area contributed by atoms with E-state index < -0.39 is 17.2 Å². The predicted molar refractivity (Wildman–Crippen MR) is 80.0 cm³/mol. The van der Waals surface area contributed by atoms with Gasteiger partial charge in [-0.15, -0.1) is 0 Å². The van der Waals surface area contributed by atoms with Gasteiger partial charge in [-0.3, -0.25) is 4.68 Å². The minimum absolute atomic E-state index is 0.200. The molecule has 0 fully saturated rings. The molecule has 114 valence electrons. The Bertz CT molecular complexity index is 648. The van der Waals surface area contributed by atoms with Crippen LogP contribution in [0, 0.1) is 18.6 Å². The van der Waals surface area contributed by atoms with Gasteiger partial charge < -0.3 is 5.11 Å². The Morgan fingerprint density at radius 1 is 1.29 bits per heavy atom. The zero-order valence-corrected chi connectivity index (χ0v) is 13.7. The number of hydrogen-bond acceptors (Lipinski definition) is 2. The van der Waals surface area contributed by atoms with Crippen molar-refractivity contribution < 1.29 is 13.9 Å². The Morgan fingerprint density at radius 2 is 1.86 bits per heavy atom. The van der Waals surface area contributed by atoms with Gasteiger partial charge in [-0.2, -0.15) is 5.10 Å². The van der Waals surface area contributed by atoms with Gasteiger partial charge in [0.05, 0.1) is 21.5 Å². The molecule has 0 spiro atoms. The number of aliphatic hydroxyl groups is 1. The van der Waals surface area contributed by atoms with Gasteiger partial charge in [0.1, 0.15) is 11.6 Å². The third-order valence-corrected chi connectivity index (χ3v) is 4.48.